The molecule has 1 unspecified atom stereocenters. The van der Waals surface area contributed by atoms with E-state index in [9.17, 15) is 8.78 Å². The molecule has 0 amide bonds. The van der Waals surface area contributed by atoms with Crippen molar-refractivity contribution in [1.82, 2.24) is 0 Å². The molecule has 3 rings (SSSR count). The smallest absolute Gasteiger partial charge is 0.163 e. The van der Waals surface area contributed by atoms with Gasteiger partial charge in [0.05, 0.1) is 0 Å². The van der Waals surface area contributed by atoms with Crippen LogP contribution in [-0.4, -0.2) is 0 Å². The third-order valence-electron chi connectivity index (χ3n) is 2.81. The van der Waals surface area contributed by atoms with E-state index in [1.807, 2.05) is 18.2 Å². The topological polar surface area (TPSA) is 12.5 Å². The molecule has 0 spiro atoms. The van der Waals surface area contributed by atoms with Crippen LogP contribution in [0.2, 0.25) is 5.02 Å². The Balaban J connectivity index is 1.88. The molecule has 1 saturated heterocycles. The summed E-state index contributed by atoms with van der Waals surface area (Å²) >= 11 is 6.03. The second-order valence-corrected chi connectivity index (χ2v) is 4.42. The van der Waals surface area contributed by atoms with Crippen molar-refractivity contribution >= 4 is 11.6 Å². The molecule has 0 aliphatic carbocycles. The molecule has 1 heterocycles. The van der Waals surface area contributed by atoms with Crippen LogP contribution in [-0.2, 0) is 4.74 Å². The molecule has 0 aromatic heterocycles. The summed E-state index contributed by atoms with van der Waals surface area (Å²) in [4.78, 5) is 0. The Morgan fingerprint density at radius 1 is 1.06 bits per heavy atom. The van der Waals surface area contributed by atoms with Gasteiger partial charge in [-0.3, -0.25) is 0 Å². The van der Waals surface area contributed by atoms with Gasteiger partial charge in [-0.2, -0.15) is 0 Å². The van der Waals surface area contributed by atoms with Crippen LogP contribution in [0.4, 0.5) is 8.78 Å². The monoisotopic (exact) mass is 265 g/mol. The van der Waals surface area contributed by atoms with Crippen LogP contribution in [0.25, 0.3) is 0 Å². The van der Waals surface area contributed by atoms with E-state index in [0.717, 1.165) is 11.6 Å². The van der Waals surface area contributed by atoms with Crippen molar-refractivity contribution in [3.63, 3.8) is 0 Å². The fourth-order valence-electron chi connectivity index (χ4n) is 1.88. The van der Waals surface area contributed by atoms with Crippen molar-refractivity contribution in [2.45, 2.75) is 6.10 Å². The van der Waals surface area contributed by atoms with Crippen molar-refractivity contribution in [2.24, 2.45) is 0 Å². The van der Waals surface area contributed by atoms with Gasteiger partial charge in [0, 0.05) is 22.2 Å². The fraction of sp³-hybridized carbons (Fsp3) is 0.0714. The summed E-state index contributed by atoms with van der Waals surface area (Å²) in [6.45, 7) is 0. The highest BCUT2D eigenvalue weighted by Crippen LogP contribution is 2.52. The van der Waals surface area contributed by atoms with E-state index in [1.54, 1.807) is 6.07 Å². The lowest BCUT2D eigenvalue weighted by Gasteiger charge is -2.00. The maximum Gasteiger partial charge on any atom is 0.163 e. The lowest BCUT2D eigenvalue weighted by atomic mass is 10.0. The van der Waals surface area contributed by atoms with Gasteiger partial charge in [-0.1, -0.05) is 35.9 Å². The van der Waals surface area contributed by atoms with Crippen molar-refractivity contribution < 1.29 is 13.5 Å². The summed E-state index contributed by atoms with van der Waals surface area (Å²) in [5.41, 5.74) is 1.07. The van der Waals surface area contributed by atoms with Gasteiger partial charge in [0.2, 0.25) is 0 Å². The molecule has 0 N–H and O–H groups in total. The SMILES string of the molecule is Fc1ccc([C]2OC2c2ccccc2Cl)c(F)c1. The molecular weight excluding hydrogens is 258 g/mol. The molecule has 2 aromatic carbocycles. The number of halogens is 3. The Morgan fingerprint density at radius 3 is 2.56 bits per heavy atom. The first-order valence-corrected chi connectivity index (χ1v) is 5.78. The molecule has 2 aromatic rings. The molecule has 4 heteroatoms. The van der Waals surface area contributed by atoms with Crippen LogP contribution in [0, 0.1) is 17.7 Å². The summed E-state index contributed by atoms with van der Waals surface area (Å²) in [6.07, 6.45) is 0.152. The summed E-state index contributed by atoms with van der Waals surface area (Å²) in [5, 5.41) is 0.569. The van der Waals surface area contributed by atoms with Gasteiger partial charge in [-0.25, -0.2) is 8.78 Å². The highest BCUT2D eigenvalue weighted by atomic mass is 35.5. The predicted octanol–water partition coefficient (Wildman–Crippen LogP) is 4.27. The van der Waals surface area contributed by atoms with E-state index in [-0.39, 0.29) is 11.7 Å². The third kappa shape index (κ3) is 2.00. The standard InChI is InChI=1S/C14H8ClF2O/c15-11-4-2-1-3-9(11)13-14(18-13)10-6-5-8(16)7-12(10)17/h1-7,13H. The molecule has 1 radical (unpaired) electrons. The van der Waals surface area contributed by atoms with Gasteiger partial charge >= 0.3 is 0 Å². The van der Waals surface area contributed by atoms with Gasteiger partial charge in [-0.15, -0.1) is 0 Å². The zero-order chi connectivity index (χ0) is 12.7. The van der Waals surface area contributed by atoms with Crippen molar-refractivity contribution in [1.29, 1.82) is 0 Å². The summed E-state index contributed by atoms with van der Waals surface area (Å²) < 4.78 is 31.7. The van der Waals surface area contributed by atoms with Crippen LogP contribution in [0.1, 0.15) is 17.2 Å². The van der Waals surface area contributed by atoms with Gasteiger partial charge in [-0.05, 0) is 12.1 Å². The maximum absolute atomic E-state index is 13.6. The lowest BCUT2D eigenvalue weighted by molar-refractivity contribution is 0.417. The van der Waals surface area contributed by atoms with Crippen LogP contribution in [0.15, 0.2) is 42.5 Å². The Labute approximate surface area is 108 Å². The Hall–Kier alpha value is -1.45. The fourth-order valence-corrected chi connectivity index (χ4v) is 2.11. The molecule has 18 heavy (non-hydrogen) atoms. The normalized spacial score (nSPS) is 18.9. The van der Waals surface area contributed by atoms with Crippen molar-refractivity contribution in [2.75, 3.05) is 0 Å². The van der Waals surface area contributed by atoms with Crippen molar-refractivity contribution in [3.8, 4) is 0 Å². The minimum Gasteiger partial charge on any atom is -0.352 e. The molecule has 1 aliphatic heterocycles. The number of hydrogen-bond acceptors (Lipinski definition) is 1. The average molecular weight is 266 g/mol. The first-order valence-electron chi connectivity index (χ1n) is 5.40. The second-order valence-electron chi connectivity index (χ2n) is 4.01. The van der Waals surface area contributed by atoms with Crippen LogP contribution in [0.5, 0.6) is 0 Å². The molecule has 0 bridgehead atoms. The van der Waals surface area contributed by atoms with E-state index < -0.39 is 11.6 Å². The number of hydrogen-bond donors (Lipinski definition) is 0. The van der Waals surface area contributed by atoms with Crippen LogP contribution >= 0.6 is 11.6 Å². The van der Waals surface area contributed by atoms with Crippen LogP contribution < -0.4 is 0 Å². The van der Waals surface area contributed by atoms with Gasteiger partial charge in [0.15, 0.2) is 6.10 Å². The molecular formula is C14H8ClF2O. The predicted molar refractivity (Wildman–Crippen MR) is 64.0 cm³/mol. The molecule has 91 valence electrons. The Kier molecular flexibility index (Phi) is 2.80. The molecule has 1 nitrogen and oxygen atoms in total. The minimum absolute atomic E-state index is 0.279. The maximum atomic E-state index is 13.6. The number of rotatable bonds is 2. The largest absolute Gasteiger partial charge is 0.352 e. The Bertz CT molecular complexity index is 600. The first kappa shape index (κ1) is 11.6. The lowest BCUT2D eigenvalue weighted by Crippen LogP contribution is -1.92. The molecule has 0 saturated carbocycles. The zero-order valence-corrected chi connectivity index (χ0v) is 9.92. The van der Waals surface area contributed by atoms with Gasteiger partial charge in [0.1, 0.15) is 17.7 Å². The third-order valence-corrected chi connectivity index (χ3v) is 3.15. The molecule has 1 atom stereocenters. The quantitative estimate of drug-likeness (QED) is 0.739. The number of ether oxygens (including phenoxy) is 1. The van der Waals surface area contributed by atoms with Gasteiger partial charge < -0.3 is 4.74 Å². The van der Waals surface area contributed by atoms with Gasteiger partial charge in [0.25, 0.3) is 0 Å². The van der Waals surface area contributed by atoms with E-state index in [2.05, 4.69) is 0 Å². The van der Waals surface area contributed by atoms with Crippen molar-refractivity contribution in [3.05, 3.63) is 76.4 Å². The number of epoxide rings is 1. The highest BCUT2D eigenvalue weighted by molar-refractivity contribution is 6.31. The zero-order valence-electron chi connectivity index (χ0n) is 9.16. The van der Waals surface area contributed by atoms with E-state index >= 15 is 0 Å². The molecule has 1 fully saturated rings. The summed E-state index contributed by atoms with van der Waals surface area (Å²) in [5.74, 6) is -1.23. The first-order chi connectivity index (χ1) is 8.66. The Morgan fingerprint density at radius 2 is 1.83 bits per heavy atom. The average Bonchev–Trinajstić information content (AvgIpc) is 3.09. The van der Waals surface area contributed by atoms with E-state index in [0.29, 0.717) is 11.1 Å². The molecule has 1 aliphatic rings. The second kappa shape index (κ2) is 4.34. The minimum atomic E-state index is -0.625. The highest BCUT2D eigenvalue weighted by Gasteiger charge is 2.45. The van der Waals surface area contributed by atoms with E-state index in [1.165, 1.54) is 12.1 Å². The van der Waals surface area contributed by atoms with Crippen LogP contribution in [0.3, 0.4) is 0 Å². The summed E-state index contributed by atoms with van der Waals surface area (Å²) in [7, 11) is 0. The number of benzene rings is 2. The van der Waals surface area contributed by atoms with E-state index in [4.69, 9.17) is 16.3 Å². The summed E-state index contributed by atoms with van der Waals surface area (Å²) in [6, 6.07) is 10.6.